The molecule has 0 saturated carbocycles. The number of aromatic nitrogens is 1. The molecule has 0 aliphatic rings. The van der Waals surface area contributed by atoms with E-state index in [-0.39, 0.29) is 19.3 Å². The summed E-state index contributed by atoms with van der Waals surface area (Å²) in [5.74, 6) is 0. The van der Waals surface area contributed by atoms with Gasteiger partial charge in [0.1, 0.15) is 6.54 Å². The van der Waals surface area contributed by atoms with Gasteiger partial charge in [-0.05, 0) is 6.92 Å². The van der Waals surface area contributed by atoms with Gasteiger partial charge < -0.3 is 10.8 Å². The molecular weight excluding hydrogens is 307 g/mol. The quantitative estimate of drug-likeness (QED) is 0.827. The molecule has 11 heteroatoms. The normalized spacial score (nSPS) is 13.2. The average Bonchev–Trinajstić information content (AvgIpc) is 2.56. The van der Waals surface area contributed by atoms with Gasteiger partial charge in [-0.15, -0.1) is 0 Å². The highest BCUT2D eigenvalue weighted by molar-refractivity contribution is 7.91. The van der Waals surface area contributed by atoms with E-state index in [1.807, 2.05) is 0 Å². The van der Waals surface area contributed by atoms with Crippen LogP contribution in [-0.2, 0) is 10.0 Å². The fourth-order valence-corrected chi connectivity index (χ4v) is 4.21. The third-order valence-electron chi connectivity index (χ3n) is 2.05. The van der Waals surface area contributed by atoms with Crippen molar-refractivity contribution in [3.8, 4) is 0 Å². The van der Waals surface area contributed by atoms with Crippen molar-refractivity contribution in [2.45, 2.75) is 17.3 Å². The number of alkyl halides is 3. The molecule has 0 unspecified atom stereocenters. The Bertz CT molecular complexity index is 541. The molecule has 19 heavy (non-hydrogen) atoms. The number of hydrogen-bond donors (Lipinski definition) is 2. The van der Waals surface area contributed by atoms with Crippen molar-refractivity contribution >= 4 is 26.5 Å². The first kappa shape index (κ1) is 16.1. The Kier molecular flexibility index (Phi) is 4.76. The third kappa shape index (κ3) is 4.03. The van der Waals surface area contributed by atoms with Crippen LogP contribution in [0.4, 0.5) is 18.3 Å². The molecule has 110 valence electrons. The standard InChI is InChI=1S/C8H12F3N3O3S2/c1-5-6(18-7(12)13-5)19(16,17)14(2-3-15)4-8(9,10)11/h15H,2-4H2,1H3,(H2,12,13). The van der Waals surface area contributed by atoms with Gasteiger partial charge in [0, 0.05) is 6.54 Å². The number of nitrogens with two attached hydrogens (primary N) is 1. The number of thiazole rings is 1. The van der Waals surface area contributed by atoms with E-state index in [2.05, 4.69) is 4.98 Å². The minimum absolute atomic E-state index is 0.0348. The number of anilines is 1. The van der Waals surface area contributed by atoms with Crippen LogP contribution in [-0.4, -0.2) is 48.7 Å². The van der Waals surface area contributed by atoms with Gasteiger partial charge in [-0.25, -0.2) is 13.4 Å². The fourth-order valence-electron chi connectivity index (χ4n) is 1.35. The van der Waals surface area contributed by atoms with E-state index in [0.29, 0.717) is 11.3 Å². The predicted molar refractivity (Wildman–Crippen MR) is 63.2 cm³/mol. The molecule has 0 bridgehead atoms. The van der Waals surface area contributed by atoms with Crippen molar-refractivity contribution in [1.29, 1.82) is 0 Å². The van der Waals surface area contributed by atoms with Crippen LogP contribution < -0.4 is 5.73 Å². The second kappa shape index (κ2) is 5.61. The number of aryl methyl sites for hydroxylation is 1. The molecule has 0 aliphatic carbocycles. The molecule has 6 nitrogen and oxygen atoms in total. The van der Waals surface area contributed by atoms with Crippen molar-refractivity contribution in [1.82, 2.24) is 9.29 Å². The van der Waals surface area contributed by atoms with Gasteiger partial charge in [0.25, 0.3) is 10.0 Å². The topological polar surface area (TPSA) is 96.5 Å². The molecule has 0 aromatic carbocycles. The van der Waals surface area contributed by atoms with Crippen molar-refractivity contribution in [2.75, 3.05) is 25.4 Å². The lowest BCUT2D eigenvalue weighted by Crippen LogP contribution is -2.40. The Hall–Kier alpha value is -0.910. The molecule has 0 radical (unpaired) electrons. The van der Waals surface area contributed by atoms with Gasteiger partial charge in [-0.2, -0.15) is 17.5 Å². The average molecular weight is 319 g/mol. The largest absolute Gasteiger partial charge is 0.402 e. The zero-order valence-corrected chi connectivity index (χ0v) is 11.4. The number of halogens is 3. The second-order valence-electron chi connectivity index (χ2n) is 3.60. The minimum atomic E-state index is -4.70. The molecule has 0 spiro atoms. The molecule has 0 saturated heterocycles. The highest BCUT2D eigenvalue weighted by Crippen LogP contribution is 2.29. The molecule has 1 rings (SSSR count). The van der Waals surface area contributed by atoms with Crippen molar-refractivity contribution in [3.63, 3.8) is 0 Å². The summed E-state index contributed by atoms with van der Waals surface area (Å²) in [6.45, 7) is -1.71. The van der Waals surface area contributed by atoms with Crippen LogP contribution in [0.1, 0.15) is 5.69 Å². The molecule has 0 aliphatic heterocycles. The van der Waals surface area contributed by atoms with Crippen LogP contribution in [0.15, 0.2) is 4.21 Å². The Balaban J connectivity index is 3.16. The number of aliphatic hydroxyl groups is 1. The van der Waals surface area contributed by atoms with Gasteiger partial charge in [0.2, 0.25) is 0 Å². The summed E-state index contributed by atoms with van der Waals surface area (Å²) in [5.41, 5.74) is 5.37. The Morgan fingerprint density at radius 2 is 2.05 bits per heavy atom. The van der Waals surface area contributed by atoms with E-state index in [1.54, 1.807) is 0 Å². The molecular formula is C8H12F3N3O3S2. The van der Waals surface area contributed by atoms with Gasteiger partial charge in [-0.3, -0.25) is 0 Å². The van der Waals surface area contributed by atoms with Crippen LogP contribution in [0.2, 0.25) is 0 Å². The van der Waals surface area contributed by atoms with Gasteiger partial charge in [-0.1, -0.05) is 11.3 Å². The van der Waals surface area contributed by atoms with Gasteiger partial charge in [0.05, 0.1) is 12.3 Å². The van der Waals surface area contributed by atoms with E-state index in [4.69, 9.17) is 10.8 Å². The summed E-state index contributed by atoms with van der Waals surface area (Å²) >= 11 is 0.590. The lowest BCUT2D eigenvalue weighted by atomic mass is 10.6. The second-order valence-corrected chi connectivity index (χ2v) is 6.77. The monoisotopic (exact) mass is 319 g/mol. The maximum Gasteiger partial charge on any atom is 0.402 e. The maximum atomic E-state index is 12.4. The van der Waals surface area contributed by atoms with Crippen molar-refractivity contribution in [3.05, 3.63) is 5.69 Å². The van der Waals surface area contributed by atoms with Crippen LogP contribution in [0.5, 0.6) is 0 Å². The molecule has 0 atom stereocenters. The van der Waals surface area contributed by atoms with Crippen molar-refractivity contribution < 1.29 is 26.7 Å². The van der Waals surface area contributed by atoms with E-state index in [0.717, 1.165) is 0 Å². The van der Waals surface area contributed by atoms with Gasteiger partial charge in [0.15, 0.2) is 9.34 Å². The lowest BCUT2D eigenvalue weighted by Gasteiger charge is -2.21. The summed E-state index contributed by atoms with van der Waals surface area (Å²) in [5, 5.41) is 8.66. The summed E-state index contributed by atoms with van der Waals surface area (Å²) in [7, 11) is -4.38. The SMILES string of the molecule is Cc1nc(N)sc1S(=O)(=O)N(CCO)CC(F)(F)F. The molecule has 0 amide bonds. The molecule has 1 aromatic rings. The highest BCUT2D eigenvalue weighted by Gasteiger charge is 2.38. The highest BCUT2D eigenvalue weighted by atomic mass is 32.2. The minimum Gasteiger partial charge on any atom is -0.395 e. The number of sulfonamides is 1. The number of nitrogens with zero attached hydrogens (tertiary/aromatic N) is 2. The fraction of sp³-hybridized carbons (Fsp3) is 0.625. The van der Waals surface area contributed by atoms with E-state index in [1.165, 1.54) is 6.92 Å². The Morgan fingerprint density at radius 3 is 2.42 bits per heavy atom. The molecule has 0 fully saturated rings. The van der Waals surface area contributed by atoms with Crippen molar-refractivity contribution in [2.24, 2.45) is 0 Å². The van der Waals surface area contributed by atoms with Crippen LogP contribution in [0.25, 0.3) is 0 Å². The number of aliphatic hydroxyl groups excluding tert-OH is 1. The summed E-state index contributed by atoms with van der Waals surface area (Å²) in [4.78, 5) is 3.66. The number of hydrogen-bond acceptors (Lipinski definition) is 6. The molecule has 1 aromatic heterocycles. The first-order valence-electron chi connectivity index (χ1n) is 4.98. The summed E-state index contributed by atoms with van der Waals surface area (Å²) < 4.78 is 61.0. The van der Waals surface area contributed by atoms with E-state index in [9.17, 15) is 21.6 Å². The van der Waals surface area contributed by atoms with E-state index < -0.39 is 35.9 Å². The maximum absolute atomic E-state index is 12.4. The lowest BCUT2D eigenvalue weighted by molar-refractivity contribution is -0.136. The predicted octanol–water partition coefficient (Wildman–Crippen LogP) is 0.579. The first-order chi connectivity index (χ1) is 8.58. The summed E-state index contributed by atoms with van der Waals surface area (Å²) in [6.07, 6.45) is -4.70. The number of nitrogen functional groups attached to an aromatic ring is 1. The number of rotatable bonds is 5. The van der Waals surface area contributed by atoms with Crippen LogP contribution in [0.3, 0.4) is 0 Å². The smallest absolute Gasteiger partial charge is 0.395 e. The first-order valence-corrected chi connectivity index (χ1v) is 7.24. The Labute approximate surface area is 111 Å². The summed E-state index contributed by atoms with van der Waals surface area (Å²) in [6, 6.07) is 0. The van der Waals surface area contributed by atoms with E-state index >= 15 is 0 Å². The molecule has 1 heterocycles. The zero-order valence-electron chi connectivity index (χ0n) is 9.81. The molecule has 3 N–H and O–H groups in total. The Morgan fingerprint density at radius 1 is 1.47 bits per heavy atom. The third-order valence-corrected chi connectivity index (χ3v) is 5.47. The van der Waals surface area contributed by atoms with Gasteiger partial charge >= 0.3 is 6.18 Å². The van der Waals surface area contributed by atoms with Crippen LogP contribution in [0, 0.1) is 6.92 Å². The van der Waals surface area contributed by atoms with Crippen LogP contribution >= 0.6 is 11.3 Å². The zero-order chi connectivity index (χ0) is 14.8.